The Labute approximate surface area is 160 Å². The molecule has 0 aliphatic heterocycles. The van der Waals surface area contributed by atoms with Crippen molar-refractivity contribution in [3.63, 3.8) is 0 Å². The summed E-state index contributed by atoms with van der Waals surface area (Å²) in [5.41, 5.74) is 0.464. The van der Waals surface area contributed by atoms with Gasteiger partial charge in [-0.2, -0.15) is 0 Å². The minimum absolute atomic E-state index is 0.163. The minimum Gasteiger partial charge on any atom is -0.493 e. The van der Waals surface area contributed by atoms with Crippen LogP contribution >= 0.6 is 23.4 Å². The zero-order valence-corrected chi connectivity index (χ0v) is 16.1. The first-order valence-electron chi connectivity index (χ1n) is 7.51. The fourth-order valence-electron chi connectivity index (χ4n) is 2.13. The number of rotatable bonds is 7. The van der Waals surface area contributed by atoms with E-state index in [2.05, 4.69) is 5.32 Å². The molecule has 0 bridgehead atoms. The summed E-state index contributed by atoms with van der Waals surface area (Å²) in [4.78, 5) is 25.2. The first kappa shape index (κ1) is 19.9. The molecule has 0 aromatic heterocycles. The second kappa shape index (κ2) is 9.35. The quantitative estimate of drug-likeness (QED) is 0.566. The van der Waals surface area contributed by atoms with Crippen molar-refractivity contribution in [1.82, 2.24) is 0 Å². The number of amides is 1. The number of nitrogens with one attached hydrogen (secondary N) is 1. The molecule has 26 heavy (non-hydrogen) atoms. The largest absolute Gasteiger partial charge is 0.493 e. The molecular weight excluding hydrogens is 378 g/mol. The number of methoxy groups -OCH3 is 3. The second-order valence-electron chi connectivity index (χ2n) is 5.04. The summed E-state index contributed by atoms with van der Waals surface area (Å²) in [7, 11) is 4.19. The van der Waals surface area contributed by atoms with Crippen molar-refractivity contribution >= 4 is 40.9 Å². The van der Waals surface area contributed by atoms with Gasteiger partial charge in [-0.1, -0.05) is 11.6 Å². The van der Waals surface area contributed by atoms with Gasteiger partial charge < -0.3 is 19.5 Å². The van der Waals surface area contributed by atoms with Gasteiger partial charge in [-0.3, -0.25) is 4.79 Å². The molecule has 2 rings (SSSR count). The Kier molecular flexibility index (Phi) is 7.17. The van der Waals surface area contributed by atoms with Crippen LogP contribution in [0.3, 0.4) is 0 Å². The number of carbonyl (C=O) groups excluding carboxylic acids is 2. The van der Waals surface area contributed by atoms with Crippen LogP contribution in [-0.4, -0.2) is 39.0 Å². The Morgan fingerprint density at radius 1 is 1.04 bits per heavy atom. The molecule has 0 unspecified atom stereocenters. The Morgan fingerprint density at radius 3 is 2.23 bits per heavy atom. The fraction of sp³-hybridized carbons (Fsp3) is 0.222. The number of halogens is 1. The predicted octanol–water partition coefficient (Wildman–Crippen LogP) is 3.87. The molecule has 0 radical (unpaired) electrons. The molecule has 0 heterocycles. The first-order chi connectivity index (χ1) is 12.5. The molecule has 0 fully saturated rings. The zero-order chi connectivity index (χ0) is 19.1. The van der Waals surface area contributed by atoms with Crippen molar-refractivity contribution in [3.05, 3.63) is 47.0 Å². The summed E-state index contributed by atoms with van der Waals surface area (Å²) in [5, 5.41) is 3.34. The van der Waals surface area contributed by atoms with Gasteiger partial charge in [0.05, 0.1) is 38.3 Å². The van der Waals surface area contributed by atoms with Gasteiger partial charge in [-0.05, 0) is 24.3 Å². The molecule has 1 amide bonds. The average Bonchev–Trinajstić information content (AvgIpc) is 2.66. The van der Waals surface area contributed by atoms with Crippen LogP contribution < -0.4 is 14.8 Å². The third-order valence-electron chi connectivity index (χ3n) is 3.39. The summed E-state index contributed by atoms with van der Waals surface area (Å²) >= 11 is 7.19. The molecule has 0 aliphatic carbocycles. The van der Waals surface area contributed by atoms with Crippen molar-refractivity contribution in [1.29, 1.82) is 0 Å². The highest BCUT2D eigenvalue weighted by atomic mass is 35.5. The minimum atomic E-state index is -0.591. The number of hydrogen-bond acceptors (Lipinski definition) is 6. The summed E-state index contributed by atoms with van der Waals surface area (Å²) < 4.78 is 15.2. The lowest BCUT2D eigenvalue weighted by atomic mass is 10.1. The molecule has 2 aromatic carbocycles. The molecule has 0 spiro atoms. The number of hydrogen-bond donors (Lipinski definition) is 1. The molecule has 0 atom stereocenters. The Hall–Kier alpha value is -2.38. The molecular formula is C18H18ClNO5S. The Bertz CT molecular complexity index is 795. The van der Waals surface area contributed by atoms with E-state index in [9.17, 15) is 9.59 Å². The molecule has 138 valence electrons. The fourth-order valence-corrected chi connectivity index (χ4v) is 2.95. The molecule has 8 heteroatoms. The third-order valence-corrected chi connectivity index (χ3v) is 4.65. The van der Waals surface area contributed by atoms with Crippen LogP contribution in [-0.2, 0) is 9.53 Å². The highest BCUT2D eigenvalue weighted by molar-refractivity contribution is 8.00. The number of anilines is 1. The van der Waals surface area contributed by atoms with E-state index in [1.807, 2.05) is 12.1 Å². The molecule has 1 N–H and O–H groups in total. The van der Waals surface area contributed by atoms with E-state index in [4.69, 9.17) is 25.8 Å². The highest BCUT2D eigenvalue weighted by Crippen LogP contribution is 2.34. The predicted molar refractivity (Wildman–Crippen MR) is 102 cm³/mol. The Balaban J connectivity index is 2.16. The smallest absolute Gasteiger partial charge is 0.340 e. The van der Waals surface area contributed by atoms with Gasteiger partial charge in [0.25, 0.3) is 0 Å². The van der Waals surface area contributed by atoms with Crippen LogP contribution in [0.1, 0.15) is 10.4 Å². The van der Waals surface area contributed by atoms with E-state index in [0.717, 1.165) is 4.90 Å². The van der Waals surface area contributed by atoms with Crippen LogP contribution in [0.15, 0.2) is 41.3 Å². The number of benzene rings is 2. The lowest BCUT2D eigenvalue weighted by Crippen LogP contribution is -2.17. The van der Waals surface area contributed by atoms with Crippen LogP contribution in [0.25, 0.3) is 0 Å². The number of thioether (sulfide) groups is 1. The first-order valence-corrected chi connectivity index (χ1v) is 8.87. The van der Waals surface area contributed by atoms with Gasteiger partial charge in [0, 0.05) is 22.1 Å². The maximum absolute atomic E-state index is 12.3. The van der Waals surface area contributed by atoms with Crippen molar-refractivity contribution in [2.45, 2.75) is 4.90 Å². The zero-order valence-electron chi connectivity index (χ0n) is 14.5. The second-order valence-corrected chi connectivity index (χ2v) is 6.52. The molecule has 2 aromatic rings. The summed E-state index contributed by atoms with van der Waals surface area (Å²) in [6, 6.07) is 10.2. The number of ether oxygens (including phenoxy) is 3. The average molecular weight is 396 g/mol. The molecule has 6 nitrogen and oxygen atoms in total. The van der Waals surface area contributed by atoms with Gasteiger partial charge in [0.1, 0.15) is 0 Å². The third kappa shape index (κ3) is 5.06. The maximum atomic E-state index is 12.3. The highest BCUT2D eigenvalue weighted by Gasteiger charge is 2.19. The van der Waals surface area contributed by atoms with E-state index in [-0.39, 0.29) is 22.9 Å². The van der Waals surface area contributed by atoms with Gasteiger partial charge in [-0.25, -0.2) is 4.79 Å². The molecule has 0 saturated heterocycles. The van der Waals surface area contributed by atoms with Crippen LogP contribution in [0.2, 0.25) is 5.02 Å². The normalized spacial score (nSPS) is 10.2. The van der Waals surface area contributed by atoms with Gasteiger partial charge in [-0.15, -0.1) is 11.8 Å². The monoisotopic (exact) mass is 395 g/mol. The summed E-state index contributed by atoms with van der Waals surface area (Å²) in [6.45, 7) is 0. The van der Waals surface area contributed by atoms with E-state index >= 15 is 0 Å². The molecule has 0 saturated carbocycles. The van der Waals surface area contributed by atoms with Gasteiger partial charge in [0.2, 0.25) is 5.91 Å². The van der Waals surface area contributed by atoms with E-state index in [0.29, 0.717) is 16.5 Å². The van der Waals surface area contributed by atoms with Crippen LogP contribution in [0.5, 0.6) is 11.5 Å². The van der Waals surface area contributed by atoms with Crippen LogP contribution in [0, 0.1) is 0 Å². The van der Waals surface area contributed by atoms with E-state index in [1.54, 1.807) is 12.1 Å². The Morgan fingerprint density at radius 2 is 1.65 bits per heavy atom. The van der Waals surface area contributed by atoms with Crippen molar-refractivity contribution < 1.29 is 23.8 Å². The molecule has 0 aliphatic rings. The maximum Gasteiger partial charge on any atom is 0.340 e. The number of carbonyl (C=O) groups is 2. The van der Waals surface area contributed by atoms with E-state index < -0.39 is 5.97 Å². The van der Waals surface area contributed by atoms with Crippen molar-refractivity contribution in [2.75, 3.05) is 32.4 Å². The van der Waals surface area contributed by atoms with Crippen molar-refractivity contribution in [2.24, 2.45) is 0 Å². The SMILES string of the molecule is COC(=O)c1cc(OC)c(OC)cc1NC(=O)CSc1ccc(Cl)cc1. The van der Waals surface area contributed by atoms with Gasteiger partial charge in [0.15, 0.2) is 11.5 Å². The summed E-state index contributed by atoms with van der Waals surface area (Å²) in [5.74, 6) is 0.0486. The lowest BCUT2D eigenvalue weighted by Gasteiger charge is -2.14. The van der Waals surface area contributed by atoms with Crippen molar-refractivity contribution in [3.8, 4) is 11.5 Å². The topological polar surface area (TPSA) is 73.9 Å². The standard InChI is InChI=1S/C18H18ClNO5S/c1-23-15-8-13(18(22)25-3)14(9-16(15)24-2)20-17(21)10-26-12-6-4-11(19)5-7-12/h4-9H,10H2,1-3H3,(H,20,21). The lowest BCUT2D eigenvalue weighted by molar-refractivity contribution is -0.113. The number of esters is 1. The van der Waals surface area contributed by atoms with Crippen LogP contribution in [0.4, 0.5) is 5.69 Å². The van der Waals surface area contributed by atoms with E-state index in [1.165, 1.54) is 45.2 Å². The summed E-state index contributed by atoms with van der Waals surface area (Å²) in [6.07, 6.45) is 0. The van der Waals surface area contributed by atoms with Gasteiger partial charge >= 0.3 is 5.97 Å².